The zero-order valence-corrected chi connectivity index (χ0v) is 15.7. The van der Waals surface area contributed by atoms with Gasteiger partial charge in [-0.1, -0.05) is 37.3 Å². The molecule has 1 aliphatic carbocycles. The van der Waals surface area contributed by atoms with Gasteiger partial charge in [0.2, 0.25) is 0 Å². The summed E-state index contributed by atoms with van der Waals surface area (Å²) in [6.45, 7) is 4.20. The number of halogens is 1. The van der Waals surface area contributed by atoms with Crippen molar-refractivity contribution < 1.29 is 4.39 Å². The Hall–Kier alpha value is -2.81. The molecule has 0 spiro atoms. The second kappa shape index (κ2) is 7.43. The molecule has 0 aliphatic heterocycles. The van der Waals surface area contributed by atoms with Gasteiger partial charge < -0.3 is 0 Å². The minimum absolute atomic E-state index is 0.117. The van der Waals surface area contributed by atoms with Gasteiger partial charge in [0.25, 0.3) is 0 Å². The number of aryl methyl sites for hydroxylation is 2. The molecule has 136 valence electrons. The second-order valence-electron chi connectivity index (χ2n) is 7.25. The first kappa shape index (κ1) is 17.6. The van der Waals surface area contributed by atoms with E-state index in [0.29, 0.717) is 5.92 Å². The normalized spacial score (nSPS) is 15.9. The van der Waals surface area contributed by atoms with Crippen molar-refractivity contribution in [3.8, 4) is 0 Å². The molecule has 0 bridgehead atoms. The highest BCUT2D eigenvalue weighted by Crippen LogP contribution is 2.39. The summed E-state index contributed by atoms with van der Waals surface area (Å²) in [6, 6.07) is 12.3. The van der Waals surface area contributed by atoms with Gasteiger partial charge in [-0.25, -0.2) is 4.39 Å². The van der Waals surface area contributed by atoms with Gasteiger partial charge in [0.05, 0.1) is 0 Å². The van der Waals surface area contributed by atoms with E-state index in [1.165, 1.54) is 46.5 Å². The Morgan fingerprint density at radius 3 is 2.11 bits per heavy atom. The number of nitrogens with zero attached hydrogens (tertiary/aromatic N) is 2. The molecule has 2 nitrogen and oxygen atoms in total. The Morgan fingerprint density at radius 2 is 1.41 bits per heavy atom. The van der Waals surface area contributed by atoms with Crippen LogP contribution in [0.25, 0.3) is 21.5 Å². The summed E-state index contributed by atoms with van der Waals surface area (Å²) in [5.41, 5.74) is 3.77. The van der Waals surface area contributed by atoms with Gasteiger partial charge in [0.1, 0.15) is 5.82 Å². The number of aromatic nitrogens is 2. The molecule has 3 heteroatoms. The van der Waals surface area contributed by atoms with Gasteiger partial charge in [0, 0.05) is 24.8 Å². The standard InChI is InChI=1S/C20H19F.C4H4N2/c1-12-4-3-5-14-6-7-17-16-10-11-19(21)13(2)15(16)8-9-18(17)20(12)14;1-2-6-4-3-5-1/h6-12H,3-5H2,1-2H3;1-4H/t12-;/m1./s1. The smallest absolute Gasteiger partial charge is 0.126 e. The summed E-state index contributed by atoms with van der Waals surface area (Å²) in [7, 11) is 0. The number of fused-ring (bicyclic) bond motifs is 5. The summed E-state index contributed by atoms with van der Waals surface area (Å²) in [4.78, 5) is 7.44. The van der Waals surface area contributed by atoms with Crippen LogP contribution in [0.4, 0.5) is 4.39 Å². The minimum atomic E-state index is -0.117. The predicted molar refractivity (Wildman–Crippen MR) is 110 cm³/mol. The van der Waals surface area contributed by atoms with Crippen LogP contribution in [0.1, 0.15) is 42.4 Å². The van der Waals surface area contributed by atoms with Gasteiger partial charge >= 0.3 is 0 Å². The lowest BCUT2D eigenvalue weighted by atomic mass is 9.80. The summed E-state index contributed by atoms with van der Waals surface area (Å²) < 4.78 is 13.8. The van der Waals surface area contributed by atoms with Crippen molar-refractivity contribution in [1.82, 2.24) is 9.97 Å². The first-order chi connectivity index (χ1) is 13.2. The van der Waals surface area contributed by atoms with Crippen molar-refractivity contribution in [2.75, 3.05) is 0 Å². The predicted octanol–water partition coefficient (Wildman–Crippen LogP) is 6.36. The number of benzene rings is 3. The molecule has 0 radical (unpaired) electrons. The van der Waals surface area contributed by atoms with Crippen LogP contribution in [-0.2, 0) is 6.42 Å². The van der Waals surface area contributed by atoms with E-state index in [-0.39, 0.29) is 5.82 Å². The number of hydrogen-bond donors (Lipinski definition) is 0. The maximum absolute atomic E-state index is 13.8. The van der Waals surface area contributed by atoms with Crippen LogP contribution in [0.3, 0.4) is 0 Å². The summed E-state index contributed by atoms with van der Waals surface area (Å²) >= 11 is 0. The highest BCUT2D eigenvalue weighted by molar-refractivity contribution is 6.09. The first-order valence-electron chi connectivity index (χ1n) is 9.50. The van der Waals surface area contributed by atoms with E-state index in [0.717, 1.165) is 10.9 Å². The maximum Gasteiger partial charge on any atom is 0.126 e. The average Bonchev–Trinajstić information content (AvgIpc) is 2.72. The molecule has 3 aromatic carbocycles. The van der Waals surface area contributed by atoms with E-state index in [1.54, 1.807) is 30.9 Å². The van der Waals surface area contributed by atoms with E-state index < -0.39 is 0 Å². The second-order valence-corrected chi connectivity index (χ2v) is 7.25. The fourth-order valence-electron chi connectivity index (χ4n) is 4.21. The lowest BCUT2D eigenvalue weighted by Gasteiger charge is -2.24. The van der Waals surface area contributed by atoms with Gasteiger partial charge in [-0.15, -0.1) is 0 Å². The number of rotatable bonds is 0. The molecule has 1 aliphatic rings. The first-order valence-corrected chi connectivity index (χ1v) is 9.50. The third-order valence-electron chi connectivity index (χ3n) is 5.59. The molecule has 0 N–H and O–H groups in total. The Labute approximate surface area is 159 Å². The maximum atomic E-state index is 13.8. The molecule has 0 unspecified atom stereocenters. The molecule has 1 atom stereocenters. The van der Waals surface area contributed by atoms with Gasteiger partial charge in [0.15, 0.2) is 0 Å². The molecule has 4 aromatic rings. The summed E-state index contributed by atoms with van der Waals surface area (Å²) in [6.07, 6.45) is 10.3. The van der Waals surface area contributed by atoms with Gasteiger partial charge in [-0.2, -0.15) is 0 Å². The van der Waals surface area contributed by atoms with Crippen LogP contribution in [0, 0.1) is 12.7 Å². The molecule has 0 saturated heterocycles. The van der Waals surface area contributed by atoms with Gasteiger partial charge in [-0.3, -0.25) is 9.97 Å². The molecule has 5 rings (SSSR count). The highest BCUT2D eigenvalue weighted by atomic mass is 19.1. The molecule has 1 heterocycles. The van der Waals surface area contributed by atoms with E-state index in [4.69, 9.17) is 0 Å². The largest absolute Gasteiger partial charge is 0.262 e. The number of hydrogen-bond acceptors (Lipinski definition) is 2. The fraction of sp³-hybridized carbons (Fsp3) is 0.250. The van der Waals surface area contributed by atoms with Crippen LogP contribution in [0.5, 0.6) is 0 Å². The zero-order chi connectivity index (χ0) is 18.8. The Balaban J connectivity index is 0.000000257. The molecule has 0 amide bonds. The molecule has 0 saturated carbocycles. The van der Waals surface area contributed by atoms with Crippen molar-refractivity contribution >= 4 is 21.5 Å². The van der Waals surface area contributed by atoms with Crippen molar-refractivity contribution in [2.45, 2.75) is 39.0 Å². The Morgan fingerprint density at radius 1 is 0.815 bits per heavy atom. The Bertz CT molecular complexity index is 1060. The Kier molecular flexibility index (Phi) is 4.85. The molecule has 0 fully saturated rings. The van der Waals surface area contributed by atoms with Crippen molar-refractivity contribution in [3.63, 3.8) is 0 Å². The fourth-order valence-corrected chi connectivity index (χ4v) is 4.21. The van der Waals surface area contributed by atoms with Crippen molar-refractivity contribution in [1.29, 1.82) is 0 Å². The van der Waals surface area contributed by atoms with Crippen molar-refractivity contribution in [3.05, 3.63) is 83.7 Å². The molecular weight excluding hydrogens is 335 g/mol. The van der Waals surface area contributed by atoms with Crippen LogP contribution >= 0.6 is 0 Å². The summed E-state index contributed by atoms with van der Waals surface area (Å²) in [5, 5.41) is 4.83. The average molecular weight is 358 g/mol. The lowest BCUT2D eigenvalue weighted by molar-refractivity contribution is 0.595. The monoisotopic (exact) mass is 358 g/mol. The van der Waals surface area contributed by atoms with Crippen LogP contribution in [0.2, 0.25) is 0 Å². The third kappa shape index (κ3) is 3.30. The van der Waals surface area contributed by atoms with Gasteiger partial charge in [-0.05, 0) is 76.4 Å². The zero-order valence-electron chi connectivity index (χ0n) is 15.7. The van der Waals surface area contributed by atoms with Crippen LogP contribution < -0.4 is 0 Å². The molecule has 27 heavy (non-hydrogen) atoms. The van der Waals surface area contributed by atoms with E-state index in [2.05, 4.69) is 41.2 Å². The van der Waals surface area contributed by atoms with Crippen LogP contribution in [-0.4, -0.2) is 9.97 Å². The van der Waals surface area contributed by atoms with E-state index in [9.17, 15) is 4.39 Å². The topological polar surface area (TPSA) is 25.8 Å². The lowest BCUT2D eigenvalue weighted by Crippen LogP contribution is -2.07. The SMILES string of the molecule is Cc1c(F)ccc2c1ccc1c3c(ccc12)CCC[C@H]3C.c1cnccn1. The minimum Gasteiger partial charge on any atom is -0.262 e. The molecular formula is C24H23FN2. The van der Waals surface area contributed by atoms with E-state index >= 15 is 0 Å². The van der Waals surface area contributed by atoms with Crippen molar-refractivity contribution in [2.24, 2.45) is 0 Å². The quantitative estimate of drug-likeness (QED) is 0.342. The van der Waals surface area contributed by atoms with E-state index in [1.807, 2.05) is 13.0 Å². The third-order valence-corrected chi connectivity index (χ3v) is 5.59. The molecule has 1 aromatic heterocycles. The van der Waals surface area contributed by atoms with Crippen LogP contribution in [0.15, 0.2) is 61.2 Å². The highest BCUT2D eigenvalue weighted by Gasteiger charge is 2.19. The summed E-state index contributed by atoms with van der Waals surface area (Å²) in [5.74, 6) is 0.504.